The van der Waals surface area contributed by atoms with Crippen LogP contribution in [0.15, 0.2) is 41.2 Å². The Bertz CT molecular complexity index is 1390. The maximum Gasteiger partial charge on any atom is 0.417 e. The molecule has 1 aliphatic rings. The summed E-state index contributed by atoms with van der Waals surface area (Å²) in [5.74, 6) is -3.07. The molecule has 1 saturated carbocycles. The van der Waals surface area contributed by atoms with Gasteiger partial charge in [-0.15, -0.1) is 0 Å². The van der Waals surface area contributed by atoms with Crippen molar-refractivity contribution in [1.82, 2.24) is 15.3 Å². The summed E-state index contributed by atoms with van der Waals surface area (Å²) in [6.07, 6.45) is -4.35. The minimum absolute atomic E-state index is 0.119. The number of amides is 1. The van der Waals surface area contributed by atoms with Gasteiger partial charge in [0.15, 0.2) is 0 Å². The molecule has 2 aromatic carbocycles. The Labute approximate surface area is 212 Å². The van der Waals surface area contributed by atoms with Gasteiger partial charge in [-0.1, -0.05) is 23.7 Å². The predicted octanol–water partition coefficient (Wildman–Crippen LogP) is 5.31. The molecule has 196 valence electrons. The Kier molecular flexibility index (Phi) is 7.65. The first-order chi connectivity index (χ1) is 17.4. The number of aromatic amines is 1. The highest BCUT2D eigenvalue weighted by Crippen LogP contribution is 2.38. The quantitative estimate of drug-likeness (QED) is 0.397. The van der Waals surface area contributed by atoms with Gasteiger partial charge in [-0.2, -0.15) is 13.2 Å². The van der Waals surface area contributed by atoms with E-state index in [0.717, 1.165) is 12.1 Å². The summed E-state index contributed by atoms with van der Waals surface area (Å²) in [5.41, 5.74) is -2.39. The second-order valence-electron chi connectivity index (χ2n) is 8.75. The summed E-state index contributed by atoms with van der Waals surface area (Å²) < 4.78 is 74.8. The van der Waals surface area contributed by atoms with Gasteiger partial charge in [-0.3, -0.25) is 9.59 Å². The van der Waals surface area contributed by atoms with Crippen molar-refractivity contribution in [2.75, 3.05) is 0 Å². The lowest BCUT2D eigenvalue weighted by molar-refractivity contribution is -0.137. The lowest BCUT2D eigenvalue weighted by Crippen LogP contribution is -2.42. The average molecular weight is 542 g/mol. The van der Waals surface area contributed by atoms with Gasteiger partial charge >= 0.3 is 6.18 Å². The molecule has 4 rings (SSSR count). The Morgan fingerprint density at radius 1 is 1.16 bits per heavy atom. The second kappa shape index (κ2) is 10.6. The number of aryl methyl sites for hydroxylation is 1. The molecular weight excluding hydrogens is 521 g/mol. The van der Waals surface area contributed by atoms with E-state index >= 15 is 4.39 Å². The van der Waals surface area contributed by atoms with Crippen LogP contribution in [0.25, 0.3) is 11.4 Å². The van der Waals surface area contributed by atoms with Crippen molar-refractivity contribution in [3.8, 4) is 11.4 Å². The average Bonchev–Trinajstić information content (AvgIpc) is 2.76. The molecule has 0 saturated heterocycles. The van der Waals surface area contributed by atoms with Crippen LogP contribution in [-0.4, -0.2) is 22.0 Å². The monoisotopic (exact) mass is 541 g/mol. The topological polar surface area (TPSA) is 84.1 Å². The van der Waals surface area contributed by atoms with Crippen molar-refractivity contribution in [3.05, 3.63) is 85.8 Å². The van der Waals surface area contributed by atoms with Crippen LogP contribution in [0.4, 0.5) is 22.0 Å². The number of halogens is 6. The lowest BCUT2D eigenvalue weighted by Gasteiger charge is -2.34. The number of alkyl halides is 3. The van der Waals surface area contributed by atoms with E-state index in [2.05, 4.69) is 15.3 Å². The first kappa shape index (κ1) is 26.7. The van der Waals surface area contributed by atoms with Crippen molar-refractivity contribution in [2.24, 2.45) is 5.92 Å². The zero-order valence-corrected chi connectivity index (χ0v) is 20.1. The predicted molar refractivity (Wildman–Crippen MR) is 125 cm³/mol. The van der Waals surface area contributed by atoms with E-state index in [-0.39, 0.29) is 35.5 Å². The standard InChI is InChI=1S/C25H21ClF5N3O3/c1-12-6-20(35)34-23(33-12)21-18(25(29,30)31)5-3-13(22(21)28)10-32-24(36)15-7-17(8-15)37-11-14-2-4-16(27)9-19(14)26/h2-6,9,15,17H,7-8,10-11H2,1H3,(H,32,36)(H,33,34,35)/t15-,17-. The van der Waals surface area contributed by atoms with Gasteiger partial charge in [0, 0.05) is 34.8 Å². The largest absolute Gasteiger partial charge is 0.417 e. The number of carbonyl (C=O) groups excluding carboxylic acids is 1. The summed E-state index contributed by atoms with van der Waals surface area (Å²) in [5, 5.41) is 2.77. The van der Waals surface area contributed by atoms with Crippen molar-refractivity contribution >= 4 is 17.5 Å². The van der Waals surface area contributed by atoms with Crippen LogP contribution in [0.2, 0.25) is 5.02 Å². The number of nitrogens with zero attached hydrogens (tertiary/aromatic N) is 1. The number of benzene rings is 2. The van der Waals surface area contributed by atoms with E-state index < -0.39 is 52.1 Å². The fraction of sp³-hybridized carbons (Fsp3) is 0.320. The molecular formula is C25H21ClF5N3O3. The Balaban J connectivity index is 1.40. The van der Waals surface area contributed by atoms with Crippen molar-refractivity contribution < 1.29 is 31.5 Å². The van der Waals surface area contributed by atoms with Gasteiger partial charge in [0.2, 0.25) is 5.91 Å². The van der Waals surface area contributed by atoms with E-state index in [4.69, 9.17) is 16.3 Å². The highest BCUT2D eigenvalue weighted by molar-refractivity contribution is 6.31. The molecule has 1 aromatic heterocycles. The number of H-pyrrole nitrogens is 1. The van der Waals surface area contributed by atoms with E-state index in [1.54, 1.807) is 0 Å². The SMILES string of the molecule is Cc1cc(=O)[nH]c(-c2c(C(F)(F)F)ccc(CNC(=O)[C@H]3C[C@H](OCc4ccc(F)cc4Cl)C3)c2F)n1. The molecule has 0 aliphatic heterocycles. The van der Waals surface area contributed by atoms with Gasteiger partial charge in [-0.25, -0.2) is 13.8 Å². The summed E-state index contributed by atoms with van der Waals surface area (Å²) in [7, 11) is 0. The first-order valence-corrected chi connectivity index (χ1v) is 11.6. The third-order valence-electron chi connectivity index (χ3n) is 6.04. The molecule has 1 heterocycles. The second-order valence-corrected chi connectivity index (χ2v) is 9.16. The molecule has 0 atom stereocenters. The Morgan fingerprint density at radius 2 is 1.86 bits per heavy atom. The third-order valence-corrected chi connectivity index (χ3v) is 6.39. The van der Waals surface area contributed by atoms with Gasteiger partial charge < -0.3 is 15.0 Å². The van der Waals surface area contributed by atoms with Crippen LogP contribution < -0.4 is 10.9 Å². The fourth-order valence-electron chi connectivity index (χ4n) is 4.01. The zero-order valence-electron chi connectivity index (χ0n) is 19.4. The molecule has 37 heavy (non-hydrogen) atoms. The molecule has 12 heteroatoms. The van der Waals surface area contributed by atoms with E-state index in [1.165, 1.54) is 25.1 Å². The van der Waals surface area contributed by atoms with Crippen LogP contribution in [0.3, 0.4) is 0 Å². The summed E-state index contributed by atoms with van der Waals surface area (Å²) in [6, 6.07) is 6.65. The third kappa shape index (κ3) is 6.16. The normalized spacial score (nSPS) is 17.4. The number of carbonyl (C=O) groups is 1. The minimum Gasteiger partial charge on any atom is -0.373 e. The smallest absolute Gasteiger partial charge is 0.373 e. The molecule has 0 bridgehead atoms. The Hall–Kier alpha value is -3.31. The van der Waals surface area contributed by atoms with Crippen LogP contribution in [-0.2, 0) is 28.9 Å². The van der Waals surface area contributed by atoms with Crippen LogP contribution >= 0.6 is 11.6 Å². The molecule has 0 spiro atoms. The summed E-state index contributed by atoms with van der Waals surface area (Å²) in [6.45, 7) is 1.18. The van der Waals surface area contributed by atoms with Gasteiger partial charge in [-0.05, 0) is 43.5 Å². The van der Waals surface area contributed by atoms with Gasteiger partial charge in [0.1, 0.15) is 17.5 Å². The maximum absolute atomic E-state index is 15.3. The number of rotatable bonds is 7. The molecule has 3 aromatic rings. The molecule has 2 N–H and O–H groups in total. The van der Waals surface area contributed by atoms with E-state index in [9.17, 15) is 27.2 Å². The van der Waals surface area contributed by atoms with Crippen LogP contribution in [0, 0.1) is 24.5 Å². The minimum atomic E-state index is -4.90. The van der Waals surface area contributed by atoms with E-state index in [0.29, 0.717) is 24.5 Å². The molecule has 1 fully saturated rings. The summed E-state index contributed by atoms with van der Waals surface area (Å²) in [4.78, 5) is 30.3. The van der Waals surface area contributed by atoms with Gasteiger partial charge in [0.25, 0.3) is 5.56 Å². The number of hydrogen-bond acceptors (Lipinski definition) is 4. The maximum atomic E-state index is 15.3. The Morgan fingerprint density at radius 3 is 2.51 bits per heavy atom. The number of ether oxygens (including phenoxy) is 1. The van der Waals surface area contributed by atoms with Gasteiger partial charge in [0.05, 0.1) is 23.8 Å². The number of hydrogen-bond donors (Lipinski definition) is 2. The van der Waals surface area contributed by atoms with Crippen molar-refractivity contribution in [1.29, 1.82) is 0 Å². The molecule has 6 nitrogen and oxygen atoms in total. The molecule has 0 unspecified atom stereocenters. The molecule has 1 amide bonds. The lowest BCUT2D eigenvalue weighted by atomic mass is 9.81. The number of nitrogens with one attached hydrogen (secondary N) is 2. The van der Waals surface area contributed by atoms with Crippen molar-refractivity contribution in [3.63, 3.8) is 0 Å². The van der Waals surface area contributed by atoms with Crippen molar-refractivity contribution in [2.45, 2.75) is 45.2 Å². The fourth-order valence-corrected chi connectivity index (χ4v) is 4.23. The summed E-state index contributed by atoms with van der Waals surface area (Å²) >= 11 is 5.97. The highest BCUT2D eigenvalue weighted by Gasteiger charge is 2.38. The number of aromatic nitrogens is 2. The molecule has 0 radical (unpaired) electrons. The first-order valence-electron chi connectivity index (χ1n) is 11.2. The molecule has 1 aliphatic carbocycles. The van der Waals surface area contributed by atoms with Crippen LogP contribution in [0.5, 0.6) is 0 Å². The zero-order chi connectivity index (χ0) is 26.9. The van der Waals surface area contributed by atoms with Crippen LogP contribution in [0.1, 0.15) is 35.2 Å². The van der Waals surface area contributed by atoms with E-state index in [1.807, 2.05) is 0 Å². The highest BCUT2D eigenvalue weighted by atomic mass is 35.5.